The summed E-state index contributed by atoms with van der Waals surface area (Å²) >= 11 is 0. The number of anilines is 1. The fourth-order valence-electron chi connectivity index (χ4n) is 2.32. The molecule has 0 bridgehead atoms. The quantitative estimate of drug-likeness (QED) is 0.472. The number of hydrogen-bond acceptors (Lipinski definition) is 4. The molecule has 0 fully saturated rings. The molecule has 0 saturated heterocycles. The molecule has 5 heteroatoms. The van der Waals surface area contributed by atoms with Gasteiger partial charge in [0.05, 0.1) is 4.92 Å². The van der Waals surface area contributed by atoms with E-state index >= 15 is 0 Å². The van der Waals surface area contributed by atoms with Gasteiger partial charge in [0.15, 0.2) is 0 Å². The molecule has 0 heterocycles. The molecule has 20 heavy (non-hydrogen) atoms. The van der Waals surface area contributed by atoms with Crippen molar-refractivity contribution in [3.05, 3.63) is 33.9 Å². The van der Waals surface area contributed by atoms with Gasteiger partial charge in [-0.1, -0.05) is 27.7 Å². The van der Waals surface area contributed by atoms with Crippen LogP contribution in [0.5, 0.6) is 0 Å². The number of nitrogen functional groups attached to an aromatic ring is 1. The summed E-state index contributed by atoms with van der Waals surface area (Å²) in [6.07, 6.45) is 0. The first-order chi connectivity index (χ1) is 9.29. The average molecular weight is 279 g/mol. The van der Waals surface area contributed by atoms with Crippen LogP contribution in [-0.2, 0) is 6.54 Å². The second kappa shape index (κ2) is 7.24. The van der Waals surface area contributed by atoms with E-state index in [0.717, 1.165) is 18.7 Å². The van der Waals surface area contributed by atoms with Crippen molar-refractivity contribution in [3.63, 3.8) is 0 Å². The van der Waals surface area contributed by atoms with Crippen LogP contribution in [0, 0.1) is 22.0 Å². The van der Waals surface area contributed by atoms with Crippen LogP contribution in [0.15, 0.2) is 18.2 Å². The van der Waals surface area contributed by atoms with Gasteiger partial charge >= 0.3 is 0 Å². The summed E-state index contributed by atoms with van der Waals surface area (Å²) < 4.78 is 0. The van der Waals surface area contributed by atoms with Crippen molar-refractivity contribution in [1.82, 2.24) is 4.90 Å². The van der Waals surface area contributed by atoms with Crippen LogP contribution in [0.4, 0.5) is 11.4 Å². The molecule has 0 atom stereocenters. The largest absolute Gasteiger partial charge is 0.398 e. The standard InChI is InChI=1S/C15H25N3O2/c1-11(2)8-17(9-12(3)4)10-13-7-14(18(19)20)5-6-15(13)16/h5-7,11-12H,8-10,16H2,1-4H3. The summed E-state index contributed by atoms with van der Waals surface area (Å²) in [5.41, 5.74) is 7.50. The average Bonchev–Trinajstić information content (AvgIpc) is 2.29. The van der Waals surface area contributed by atoms with Crippen LogP contribution >= 0.6 is 0 Å². The highest BCUT2D eigenvalue weighted by Gasteiger charge is 2.14. The maximum absolute atomic E-state index is 10.9. The number of nitrogens with two attached hydrogens (primary N) is 1. The second-order valence-corrected chi connectivity index (χ2v) is 6.12. The summed E-state index contributed by atoms with van der Waals surface area (Å²) in [5.74, 6) is 1.10. The number of non-ortho nitro benzene ring substituents is 1. The Morgan fingerprint density at radius 1 is 1.20 bits per heavy atom. The molecule has 0 spiro atoms. The van der Waals surface area contributed by atoms with Crippen LogP contribution in [0.25, 0.3) is 0 Å². The first-order valence-corrected chi connectivity index (χ1v) is 7.04. The minimum atomic E-state index is -0.377. The normalized spacial score (nSPS) is 11.6. The Morgan fingerprint density at radius 2 is 1.75 bits per heavy atom. The van der Waals surface area contributed by atoms with E-state index in [4.69, 9.17) is 5.73 Å². The van der Waals surface area contributed by atoms with Crippen LogP contribution < -0.4 is 5.73 Å². The highest BCUT2D eigenvalue weighted by atomic mass is 16.6. The molecule has 0 aliphatic heterocycles. The molecule has 0 aliphatic carbocycles. The van der Waals surface area contributed by atoms with E-state index in [1.54, 1.807) is 12.1 Å². The molecule has 1 rings (SSSR count). The summed E-state index contributed by atoms with van der Waals surface area (Å²) in [4.78, 5) is 12.8. The van der Waals surface area contributed by atoms with E-state index in [1.807, 2.05) is 0 Å². The van der Waals surface area contributed by atoms with Crippen molar-refractivity contribution in [2.45, 2.75) is 34.2 Å². The van der Waals surface area contributed by atoms with Gasteiger partial charge in [-0.15, -0.1) is 0 Å². The van der Waals surface area contributed by atoms with Gasteiger partial charge in [-0.2, -0.15) is 0 Å². The predicted molar refractivity (Wildman–Crippen MR) is 82.5 cm³/mol. The van der Waals surface area contributed by atoms with Gasteiger partial charge in [-0.3, -0.25) is 15.0 Å². The molecule has 0 radical (unpaired) electrons. The minimum Gasteiger partial charge on any atom is -0.398 e. The molecule has 5 nitrogen and oxygen atoms in total. The SMILES string of the molecule is CC(C)CN(Cc1cc([N+](=O)[O-])ccc1N)CC(C)C. The van der Waals surface area contributed by atoms with Crippen molar-refractivity contribution >= 4 is 11.4 Å². The number of nitro groups is 1. The van der Waals surface area contributed by atoms with E-state index in [9.17, 15) is 10.1 Å². The molecule has 1 aromatic rings. The predicted octanol–water partition coefficient (Wildman–Crippen LogP) is 3.29. The van der Waals surface area contributed by atoms with E-state index in [0.29, 0.717) is 24.1 Å². The van der Waals surface area contributed by atoms with Crippen LogP contribution in [0.1, 0.15) is 33.3 Å². The van der Waals surface area contributed by atoms with E-state index in [1.165, 1.54) is 6.07 Å². The first kappa shape index (κ1) is 16.4. The number of nitrogens with zero attached hydrogens (tertiary/aromatic N) is 2. The van der Waals surface area contributed by atoms with Crippen molar-refractivity contribution in [1.29, 1.82) is 0 Å². The van der Waals surface area contributed by atoms with Crippen molar-refractivity contribution in [2.75, 3.05) is 18.8 Å². The Bertz CT molecular complexity index is 448. The maximum Gasteiger partial charge on any atom is 0.269 e. The zero-order valence-electron chi connectivity index (χ0n) is 12.8. The zero-order valence-corrected chi connectivity index (χ0v) is 12.8. The van der Waals surface area contributed by atoms with E-state index in [2.05, 4.69) is 32.6 Å². The third-order valence-corrected chi connectivity index (χ3v) is 2.98. The lowest BCUT2D eigenvalue weighted by atomic mass is 10.1. The Hall–Kier alpha value is -1.62. The van der Waals surface area contributed by atoms with E-state index < -0.39 is 0 Å². The van der Waals surface area contributed by atoms with Gasteiger partial charge in [0.2, 0.25) is 0 Å². The molecule has 112 valence electrons. The molecule has 0 aliphatic rings. The van der Waals surface area contributed by atoms with Crippen molar-refractivity contribution in [3.8, 4) is 0 Å². The lowest BCUT2D eigenvalue weighted by Crippen LogP contribution is -2.31. The minimum absolute atomic E-state index is 0.100. The summed E-state index contributed by atoms with van der Waals surface area (Å²) in [6, 6.07) is 4.66. The highest BCUT2D eigenvalue weighted by Crippen LogP contribution is 2.22. The number of nitro benzene ring substituents is 1. The Balaban J connectivity index is 2.91. The van der Waals surface area contributed by atoms with Gasteiger partial charge in [-0.05, 0) is 23.5 Å². The zero-order chi connectivity index (χ0) is 15.3. The van der Waals surface area contributed by atoms with Crippen LogP contribution in [-0.4, -0.2) is 22.9 Å². The first-order valence-electron chi connectivity index (χ1n) is 7.04. The fraction of sp³-hybridized carbons (Fsp3) is 0.600. The molecular formula is C15H25N3O2. The number of hydrogen-bond donors (Lipinski definition) is 1. The van der Waals surface area contributed by atoms with Crippen LogP contribution in [0.3, 0.4) is 0 Å². The summed E-state index contributed by atoms with van der Waals surface area (Å²) in [7, 11) is 0. The lowest BCUT2D eigenvalue weighted by Gasteiger charge is -2.26. The van der Waals surface area contributed by atoms with Gasteiger partial charge in [-0.25, -0.2) is 0 Å². The van der Waals surface area contributed by atoms with E-state index in [-0.39, 0.29) is 10.6 Å². The van der Waals surface area contributed by atoms with Gasteiger partial charge < -0.3 is 5.73 Å². The molecule has 0 saturated carbocycles. The monoisotopic (exact) mass is 279 g/mol. The molecule has 0 aromatic heterocycles. The van der Waals surface area contributed by atoms with Gasteiger partial charge in [0, 0.05) is 37.5 Å². The fourth-order valence-corrected chi connectivity index (χ4v) is 2.32. The molecule has 2 N–H and O–H groups in total. The topological polar surface area (TPSA) is 72.4 Å². The van der Waals surface area contributed by atoms with Crippen molar-refractivity contribution in [2.24, 2.45) is 11.8 Å². The number of benzene rings is 1. The smallest absolute Gasteiger partial charge is 0.269 e. The van der Waals surface area contributed by atoms with Crippen molar-refractivity contribution < 1.29 is 4.92 Å². The third-order valence-electron chi connectivity index (χ3n) is 2.98. The third kappa shape index (κ3) is 5.17. The molecule has 1 aromatic carbocycles. The number of rotatable bonds is 7. The van der Waals surface area contributed by atoms with Gasteiger partial charge in [0.1, 0.15) is 0 Å². The maximum atomic E-state index is 10.9. The summed E-state index contributed by atoms with van der Waals surface area (Å²) in [6.45, 7) is 11.3. The summed E-state index contributed by atoms with van der Waals surface area (Å²) in [5, 5.41) is 10.9. The lowest BCUT2D eigenvalue weighted by molar-refractivity contribution is -0.384. The molecule has 0 amide bonds. The van der Waals surface area contributed by atoms with Gasteiger partial charge in [0.25, 0.3) is 5.69 Å². The Morgan fingerprint density at radius 3 is 2.20 bits per heavy atom. The van der Waals surface area contributed by atoms with Crippen LogP contribution in [0.2, 0.25) is 0 Å². The molecular weight excluding hydrogens is 254 g/mol. The highest BCUT2D eigenvalue weighted by molar-refractivity contribution is 5.52. The molecule has 0 unspecified atom stereocenters. The Labute approximate surface area is 120 Å². The second-order valence-electron chi connectivity index (χ2n) is 6.12. The Kier molecular flexibility index (Phi) is 5.95.